The zero-order chi connectivity index (χ0) is 47.6. The number of nitrogens with one attached hydrogen (secondary N) is 1. The minimum absolute atomic E-state index is 0.277. The van der Waals surface area contributed by atoms with Gasteiger partial charge in [-0.2, -0.15) is 0 Å². The molecule has 65 heavy (non-hydrogen) atoms. The number of aliphatic carboxylic acids is 4. The number of imidazole rings is 1. The zero-order valence-corrected chi connectivity index (χ0v) is 38.8. The van der Waals surface area contributed by atoms with E-state index in [0.717, 1.165) is 63.9 Å². The summed E-state index contributed by atoms with van der Waals surface area (Å²) in [7, 11) is 4.12. The van der Waals surface area contributed by atoms with Crippen molar-refractivity contribution in [1.82, 2.24) is 24.8 Å². The summed E-state index contributed by atoms with van der Waals surface area (Å²) in [5.74, 6) is -3.24. The van der Waals surface area contributed by atoms with E-state index in [0.29, 0.717) is 29.5 Å². The number of fused-ring (bicyclic) bond motifs is 3. The summed E-state index contributed by atoms with van der Waals surface area (Å²) in [6.07, 6.45) is 5.13. The number of hydrogen-bond acceptors (Lipinski definition) is 13. The van der Waals surface area contributed by atoms with Gasteiger partial charge in [-0.1, -0.05) is 35.5 Å². The third-order valence-corrected chi connectivity index (χ3v) is 12.2. The van der Waals surface area contributed by atoms with E-state index >= 15 is 0 Å². The van der Waals surface area contributed by atoms with Gasteiger partial charge in [0, 0.05) is 95.2 Å². The van der Waals surface area contributed by atoms with Gasteiger partial charge in [-0.15, -0.1) is 0 Å². The Bertz CT molecular complexity index is 2480. The Morgan fingerprint density at radius 3 is 2.03 bits per heavy atom. The fraction of sp³-hybridized carbons (Fsp3) is 0.289. The van der Waals surface area contributed by atoms with Crippen LogP contribution >= 0.6 is 23.4 Å². The zero-order valence-electron chi connectivity index (χ0n) is 36.4. The molecule has 2 aliphatic heterocycles. The first-order valence-corrected chi connectivity index (χ1v) is 22.4. The van der Waals surface area contributed by atoms with Gasteiger partial charge in [0.05, 0.1) is 58.9 Å². The highest BCUT2D eigenvalue weighted by molar-refractivity contribution is 7.99. The quantitative estimate of drug-likeness (QED) is 0.0755. The topological polar surface area (TPSA) is 236 Å². The normalized spacial score (nSPS) is 13.8. The van der Waals surface area contributed by atoms with Crippen molar-refractivity contribution >= 4 is 80.4 Å². The number of anilines is 2. The molecule has 0 aliphatic carbocycles. The average molecular weight is 952 g/mol. The van der Waals surface area contributed by atoms with Crippen LogP contribution in [0.15, 0.2) is 106 Å². The molecule has 1 saturated heterocycles. The van der Waals surface area contributed by atoms with Gasteiger partial charge in [-0.05, 0) is 76.3 Å². The lowest BCUT2D eigenvalue weighted by Gasteiger charge is -2.35. The number of hydrogen-bond donors (Lipinski definition) is 5. The lowest BCUT2D eigenvalue weighted by atomic mass is 10.1. The van der Waals surface area contributed by atoms with E-state index in [2.05, 4.69) is 73.1 Å². The van der Waals surface area contributed by atoms with Gasteiger partial charge >= 0.3 is 23.9 Å². The monoisotopic (exact) mass is 950 g/mol. The van der Waals surface area contributed by atoms with Crippen molar-refractivity contribution < 1.29 is 53.3 Å². The summed E-state index contributed by atoms with van der Waals surface area (Å²) in [5.41, 5.74) is 6.71. The number of aryl methyl sites for hydroxylation is 1. The van der Waals surface area contributed by atoms with Crippen molar-refractivity contribution in [3.8, 4) is 11.5 Å². The number of methoxy groups -OCH3 is 2. The van der Waals surface area contributed by atoms with Gasteiger partial charge in [-0.25, -0.2) is 24.2 Å². The van der Waals surface area contributed by atoms with Gasteiger partial charge in [-0.3, -0.25) is 9.19 Å². The van der Waals surface area contributed by atoms with Crippen molar-refractivity contribution in [3.63, 3.8) is 0 Å². The summed E-state index contributed by atoms with van der Waals surface area (Å²) >= 11 is 8.13. The molecule has 3 aromatic carbocycles. The molecule has 346 valence electrons. The Labute approximate surface area is 387 Å². The number of rotatable bonds is 13. The van der Waals surface area contributed by atoms with E-state index in [1.54, 1.807) is 20.4 Å². The van der Waals surface area contributed by atoms with Crippen LogP contribution in [0.5, 0.6) is 11.5 Å². The number of carboxylic acid groups (broad SMARTS) is 4. The molecule has 20 heteroatoms. The van der Waals surface area contributed by atoms with E-state index in [9.17, 15) is 23.4 Å². The van der Waals surface area contributed by atoms with Crippen LogP contribution in [0.2, 0.25) is 5.02 Å². The molecule has 0 radical (unpaired) electrons. The van der Waals surface area contributed by atoms with Gasteiger partial charge in [0.25, 0.3) is 0 Å². The van der Waals surface area contributed by atoms with Gasteiger partial charge in [0.1, 0.15) is 11.5 Å². The number of halogens is 1. The third-order valence-electron chi connectivity index (χ3n) is 9.68. The SMILES string of the molecule is CN1CCN(CCCN2c3ccccc3Sc3ccc(Cl)cc32)CC1.COc1ccc2nc(S(=O)Cc3ncc(C)c(OC)c3C)[nH]c2c1.O=C(O)/C=C\C(=O)O.O=C(O)/C=C\C(=O)O. The van der Waals surface area contributed by atoms with Crippen LogP contribution in [0.4, 0.5) is 11.4 Å². The first-order valence-electron chi connectivity index (χ1n) is 19.9. The number of carbonyl (C=O) groups is 4. The maximum absolute atomic E-state index is 12.7. The molecule has 0 spiro atoms. The summed E-state index contributed by atoms with van der Waals surface area (Å²) < 4.78 is 23.3. The molecule has 2 aliphatic rings. The number of likely N-dealkylation sites (N-methyl/N-ethyl adjacent to an activating group) is 1. The summed E-state index contributed by atoms with van der Waals surface area (Å²) in [6.45, 7) is 10.8. The molecule has 0 saturated carbocycles. The fourth-order valence-electron chi connectivity index (χ4n) is 6.46. The summed E-state index contributed by atoms with van der Waals surface area (Å²) in [4.78, 5) is 60.2. The molecule has 2 aromatic heterocycles. The number of para-hydroxylation sites is 1. The van der Waals surface area contributed by atoms with Crippen molar-refractivity contribution in [2.24, 2.45) is 0 Å². The molecule has 1 fully saturated rings. The highest BCUT2D eigenvalue weighted by atomic mass is 35.5. The summed E-state index contributed by atoms with van der Waals surface area (Å²) in [6, 6.07) is 20.4. The number of ether oxygens (including phenoxy) is 2. The summed E-state index contributed by atoms with van der Waals surface area (Å²) in [5, 5.41) is 32.5. The predicted molar refractivity (Wildman–Crippen MR) is 249 cm³/mol. The lowest BCUT2D eigenvalue weighted by Crippen LogP contribution is -2.45. The van der Waals surface area contributed by atoms with Crippen LogP contribution in [0.1, 0.15) is 23.2 Å². The molecule has 0 amide bonds. The smallest absolute Gasteiger partial charge is 0.328 e. The maximum Gasteiger partial charge on any atom is 0.328 e. The number of aromatic amines is 1. The maximum atomic E-state index is 12.7. The van der Waals surface area contributed by atoms with Crippen LogP contribution in [-0.4, -0.2) is 134 Å². The van der Waals surface area contributed by atoms with E-state index in [1.165, 1.54) is 47.3 Å². The minimum atomic E-state index is -1.33. The number of H-pyrrole nitrogens is 1. The number of piperazine rings is 1. The van der Waals surface area contributed by atoms with Gasteiger partial charge in [0.15, 0.2) is 5.16 Å². The Morgan fingerprint density at radius 2 is 1.43 bits per heavy atom. The minimum Gasteiger partial charge on any atom is -0.497 e. The van der Waals surface area contributed by atoms with Crippen LogP contribution in [0, 0.1) is 13.8 Å². The molecule has 4 heterocycles. The van der Waals surface area contributed by atoms with Gasteiger partial charge < -0.3 is 49.6 Å². The highest BCUT2D eigenvalue weighted by Gasteiger charge is 2.24. The molecular formula is C45H51ClN6O11S2. The van der Waals surface area contributed by atoms with Crippen LogP contribution < -0.4 is 14.4 Å². The molecular weight excluding hydrogens is 900 g/mol. The standard InChI is InChI=1S/C20H24ClN3S.C17H19N3O3S.2C4H4O4/c1-22-11-13-23(14-12-22)9-4-10-24-17-5-2-3-6-19(17)25-20-8-7-16(21)15-18(20)24;1-10-8-18-15(11(2)16(10)23-4)9-24(21)17-19-13-6-5-12(22-3)7-14(13)20-17;2*5-3(6)1-2-4(7)8/h2-3,5-8,15H,4,9-14H2,1H3;5-8H,9H2,1-4H3,(H,19,20);2*1-2H,(H,5,6)(H,7,8)/b;;2*2-1-. The number of carboxylic acids is 4. The van der Waals surface area contributed by atoms with Crippen molar-refractivity contribution in [2.45, 2.75) is 41.0 Å². The van der Waals surface area contributed by atoms with Crippen molar-refractivity contribution in [2.75, 3.05) is 65.4 Å². The second-order valence-electron chi connectivity index (χ2n) is 14.3. The number of benzene rings is 3. The molecule has 5 N–H and O–H groups in total. The Kier molecular flexibility index (Phi) is 20.0. The largest absolute Gasteiger partial charge is 0.497 e. The second-order valence-corrected chi connectivity index (χ2v) is 17.2. The molecule has 1 atom stereocenters. The second kappa shape index (κ2) is 25.3. The molecule has 1 unspecified atom stereocenters. The number of nitrogens with zero attached hydrogens (tertiary/aromatic N) is 5. The first-order chi connectivity index (χ1) is 31.0. The molecule has 5 aromatic rings. The Hall–Kier alpha value is -6.25. The molecule has 7 rings (SSSR count). The van der Waals surface area contributed by atoms with Crippen LogP contribution in [0.3, 0.4) is 0 Å². The van der Waals surface area contributed by atoms with Gasteiger partial charge in [0.2, 0.25) is 0 Å². The first kappa shape index (κ1) is 51.4. The van der Waals surface area contributed by atoms with E-state index in [4.69, 9.17) is 41.5 Å². The Balaban J connectivity index is 0.000000215. The van der Waals surface area contributed by atoms with Crippen molar-refractivity contribution in [1.29, 1.82) is 0 Å². The van der Waals surface area contributed by atoms with Crippen LogP contribution in [-0.2, 0) is 35.7 Å². The predicted octanol–water partition coefficient (Wildman–Crippen LogP) is 6.90. The highest BCUT2D eigenvalue weighted by Crippen LogP contribution is 2.48. The average Bonchev–Trinajstić information content (AvgIpc) is 3.71. The van der Waals surface area contributed by atoms with Crippen molar-refractivity contribution in [3.05, 3.63) is 113 Å². The number of aromatic nitrogens is 3. The fourth-order valence-corrected chi connectivity index (χ4v) is 8.80. The lowest BCUT2D eigenvalue weighted by molar-refractivity contribution is -0.134. The van der Waals surface area contributed by atoms with Crippen LogP contribution in [0.25, 0.3) is 11.0 Å². The third kappa shape index (κ3) is 16.1. The van der Waals surface area contributed by atoms with E-state index in [-0.39, 0.29) is 5.75 Å². The number of pyridine rings is 1. The van der Waals surface area contributed by atoms with E-state index < -0.39 is 34.7 Å². The molecule has 0 bridgehead atoms. The molecule has 17 nitrogen and oxygen atoms in total. The Morgan fingerprint density at radius 1 is 0.815 bits per heavy atom. The van der Waals surface area contributed by atoms with E-state index in [1.807, 2.05) is 49.9 Å².